The normalized spacial score (nSPS) is 24.1. The zero-order chi connectivity index (χ0) is 19.4. The summed E-state index contributed by atoms with van der Waals surface area (Å²) in [4.78, 5) is 10.9. The van der Waals surface area contributed by atoms with E-state index in [1.807, 2.05) is 0 Å². The van der Waals surface area contributed by atoms with Crippen molar-refractivity contribution < 1.29 is 12.9 Å². The summed E-state index contributed by atoms with van der Waals surface area (Å²) < 4.78 is 34.3. The van der Waals surface area contributed by atoms with E-state index in [-0.39, 0.29) is 16.5 Å². The highest BCUT2D eigenvalue weighted by Crippen LogP contribution is 2.48. The monoisotopic (exact) mass is 394 g/mol. The van der Waals surface area contributed by atoms with Crippen molar-refractivity contribution >= 4 is 10.0 Å². The Labute approximate surface area is 159 Å². The highest BCUT2D eigenvalue weighted by molar-refractivity contribution is 7.89. The second-order valence-corrected chi connectivity index (χ2v) is 9.83. The van der Waals surface area contributed by atoms with Crippen LogP contribution < -0.4 is 0 Å². The standard InChI is InChI=1S/C17H26N6O3S/c1-12-18-15(10-21(12)3)27(24,25)23-7-5-17(6-8-23)9-14(22(4)11-17)16-19-13(2)26-20-16/h10,14H,5-9,11H2,1-4H3. The smallest absolute Gasteiger partial charge is 0.262 e. The van der Waals surface area contributed by atoms with Gasteiger partial charge in [0.25, 0.3) is 10.0 Å². The molecule has 0 saturated carbocycles. The molecule has 1 unspecified atom stereocenters. The van der Waals surface area contributed by atoms with Gasteiger partial charge in [-0.2, -0.15) is 9.29 Å². The molecule has 27 heavy (non-hydrogen) atoms. The highest BCUT2D eigenvalue weighted by atomic mass is 32.2. The molecule has 2 aliphatic heterocycles. The lowest BCUT2D eigenvalue weighted by molar-refractivity contribution is 0.161. The average Bonchev–Trinajstić information content (AvgIpc) is 3.27. The van der Waals surface area contributed by atoms with Gasteiger partial charge in [0.1, 0.15) is 5.82 Å². The molecular weight excluding hydrogens is 368 g/mol. The Morgan fingerprint density at radius 1 is 1.19 bits per heavy atom. The van der Waals surface area contributed by atoms with Crippen LogP contribution in [-0.4, -0.2) is 64.0 Å². The molecule has 2 aromatic rings. The number of rotatable bonds is 3. The van der Waals surface area contributed by atoms with E-state index in [1.54, 1.807) is 36.0 Å². The Hall–Kier alpha value is -1.78. The minimum Gasteiger partial charge on any atom is -0.340 e. The van der Waals surface area contributed by atoms with Crippen LogP contribution in [0.1, 0.15) is 42.8 Å². The molecule has 0 aromatic carbocycles. The predicted molar refractivity (Wildman–Crippen MR) is 97.4 cm³/mol. The van der Waals surface area contributed by atoms with E-state index in [9.17, 15) is 8.42 Å². The second kappa shape index (κ2) is 6.39. The lowest BCUT2D eigenvalue weighted by Gasteiger charge is -2.38. The van der Waals surface area contributed by atoms with Gasteiger partial charge in [-0.05, 0) is 38.6 Å². The summed E-state index contributed by atoms with van der Waals surface area (Å²) in [6, 6.07) is 0.129. The Morgan fingerprint density at radius 3 is 2.44 bits per heavy atom. The molecular formula is C17H26N6O3S. The van der Waals surface area contributed by atoms with Crippen LogP contribution in [0.25, 0.3) is 0 Å². The van der Waals surface area contributed by atoms with E-state index in [2.05, 4.69) is 27.1 Å². The number of imidazole rings is 1. The van der Waals surface area contributed by atoms with Crippen LogP contribution in [0.2, 0.25) is 0 Å². The van der Waals surface area contributed by atoms with Crippen molar-refractivity contribution in [2.45, 2.75) is 44.2 Å². The van der Waals surface area contributed by atoms with E-state index < -0.39 is 10.0 Å². The highest BCUT2D eigenvalue weighted by Gasteiger charge is 2.47. The Balaban J connectivity index is 1.47. The maximum absolute atomic E-state index is 12.9. The minimum atomic E-state index is -3.54. The Morgan fingerprint density at radius 2 is 1.89 bits per heavy atom. The second-order valence-electron chi connectivity index (χ2n) is 7.95. The molecule has 2 saturated heterocycles. The third-order valence-corrected chi connectivity index (χ3v) is 7.83. The molecule has 10 heteroatoms. The molecule has 2 aromatic heterocycles. The minimum absolute atomic E-state index is 0.0972. The molecule has 1 atom stereocenters. The van der Waals surface area contributed by atoms with Crippen molar-refractivity contribution in [3.05, 3.63) is 23.7 Å². The zero-order valence-corrected chi connectivity index (χ0v) is 17.0. The summed E-state index contributed by atoms with van der Waals surface area (Å²) in [5.74, 6) is 1.99. The van der Waals surface area contributed by atoms with Crippen LogP contribution in [0.4, 0.5) is 0 Å². The summed E-state index contributed by atoms with van der Waals surface area (Å²) >= 11 is 0. The van der Waals surface area contributed by atoms with Gasteiger partial charge in [-0.3, -0.25) is 4.90 Å². The fourth-order valence-electron chi connectivity index (χ4n) is 4.35. The lowest BCUT2D eigenvalue weighted by atomic mass is 9.77. The summed E-state index contributed by atoms with van der Waals surface area (Å²) in [5, 5.41) is 4.23. The van der Waals surface area contributed by atoms with Crippen molar-refractivity contribution in [2.75, 3.05) is 26.7 Å². The molecule has 1 spiro atoms. The van der Waals surface area contributed by atoms with Gasteiger partial charge in [0.15, 0.2) is 10.9 Å². The molecule has 0 amide bonds. The van der Waals surface area contributed by atoms with Crippen LogP contribution >= 0.6 is 0 Å². The maximum atomic E-state index is 12.9. The average molecular weight is 395 g/mol. The van der Waals surface area contributed by atoms with E-state index >= 15 is 0 Å². The summed E-state index contributed by atoms with van der Waals surface area (Å²) in [6.07, 6.45) is 4.18. The van der Waals surface area contributed by atoms with Gasteiger partial charge in [0, 0.05) is 39.8 Å². The summed E-state index contributed by atoms with van der Waals surface area (Å²) in [5.41, 5.74) is 0.0972. The van der Waals surface area contributed by atoms with Crippen LogP contribution in [0.3, 0.4) is 0 Å². The number of aryl methyl sites for hydroxylation is 3. The van der Waals surface area contributed by atoms with Crippen LogP contribution in [0.5, 0.6) is 0 Å². The molecule has 0 N–H and O–H groups in total. The first-order chi connectivity index (χ1) is 12.7. The van der Waals surface area contributed by atoms with Gasteiger partial charge in [-0.1, -0.05) is 5.16 Å². The number of nitrogens with zero attached hydrogens (tertiary/aromatic N) is 6. The van der Waals surface area contributed by atoms with Gasteiger partial charge in [0.2, 0.25) is 5.89 Å². The number of likely N-dealkylation sites (tertiary alicyclic amines) is 1. The third-order valence-electron chi connectivity index (χ3n) is 6.06. The van der Waals surface area contributed by atoms with Crippen molar-refractivity contribution in [2.24, 2.45) is 12.5 Å². The van der Waals surface area contributed by atoms with Gasteiger partial charge in [-0.15, -0.1) is 0 Å². The van der Waals surface area contributed by atoms with Crippen molar-refractivity contribution in [1.29, 1.82) is 0 Å². The number of hydrogen-bond donors (Lipinski definition) is 0. The molecule has 2 aliphatic rings. The summed E-state index contributed by atoms with van der Waals surface area (Å²) in [7, 11) is 0.343. The molecule has 0 radical (unpaired) electrons. The van der Waals surface area contributed by atoms with Gasteiger partial charge < -0.3 is 9.09 Å². The number of sulfonamides is 1. The van der Waals surface area contributed by atoms with Gasteiger partial charge in [-0.25, -0.2) is 13.4 Å². The van der Waals surface area contributed by atoms with E-state index in [1.165, 1.54) is 0 Å². The first-order valence-electron chi connectivity index (χ1n) is 9.21. The zero-order valence-electron chi connectivity index (χ0n) is 16.2. The van der Waals surface area contributed by atoms with E-state index in [0.29, 0.717) is 24.8 Å². The van der Waals surface area contributed by atoms with Crippen LogP contribution in [0, 0.1) is 19.3 Å². The Kier molecular flexibility index (Phi) is 4.39. The molecule has 0 bridgehead atoms. The predicted octanol–water partition coefficient (Wildman–Crippen LogP) is 1.27. The van der Waals surface area contributed by atoms with E-state index in [4.69, 9.17) is 4.52 Å². The number of piperidine rings is 1. The summed E-state index contributed by atoms with van der Waals surface area (Å²) in [6.45, 7) is 5.55. The quantitative estimate of drug-likeness (QED) is 0.773. The van der Waals surface area contributed by atoms with Gasteiger partial charge >= 0.3 is 0 Å². The van der Waals surface area contributed by atoms with Crippen molar-refractivity contribution in [3.63, 3.8) is 0 Å². The fraction of sp³-hybridized carbons (Fsp3) is 0.706. The molecule has 2 fully saturated rings. The van der Waals surface area contributed by atoms with Crippen molar-refractivity contribution in [3.8, 4) is 0 Å². The third kappa shape index (κ3) is 3.19. The number of aromatic nitrogens is 4. The van der Waals surface area contributed by atoms with Crippen LogP contribution in [0.15, 0.2) is 15.7 Å². The topological polar surface area (TPSA) is 97.4 Å². The van der Waals surface area contributed by atoms with Crippen LogP contribution in [-0.2, 0) is 17.1 Å². The van der Waals surface area contributed by atoms with E-state index in [0.717, 1.165) is 31.6 Å². The maximum Gasteiger partial charge on any atom is 0.262 e. The SMILES string of the molecule is Cc1nc(C2CC3(CCN(S(=O)(=O)c4cn(C)c(C)n4)CC3)CN2C)no1. The van der Waals surface area contributed by atoms with Gasteiger partial charge in [0.05, 0.1) is 6.04 Å². The molecule has 4 heterocycles. The van der Waals surface area contributed by atoms with Crippen molar-refractivity contribution in [1.82, 2.24) is 28.9 Å². The fourth-order valence-corrected chi connectivity index (χ4v) is 5.82. The molecule has 148 valence electrons. The first kappa shape index (κ1) is 18.6. The lowest BCUT2D eigenvalue weighted by Crippen LogP contribution is -2.44. The molecule has 0 aliphatic carbocycles. The number of hydrogen-bond acceptors (Lipinski definition) is 7. The Bertz CT molecular complexity index is 922. The molecule has 4 rings (SSSR count). The largest absolute Gasteiger partial charge is 0.340 e. The molecule has 9 nitrogen and oxygen atoms in total. The first-order valence-corrected chi connectivity index (χ1v) is 10.6.